The first-order valence-electron chi connectivity index (χ1n) is 10.9. The quantitative estimate of drug-likeness (QED) is 0.217. The molecule has 2 heterocycles. The topological polar surface area (TPSA) is 99.0 Å². The monoisotopic (exact) mass is 575 g/mol. The largest absolute Gasteiger partial charge is 0.468 e. The van der Waals surface area contributed by atoms with Crippen molar-refractivity contribution in [2.45, 2.75) is 32.4 Å². The van der Waals surface area contributed by atoms with Crippen LogP contribution in [0.4, 0.5) is 0 Å². The Morgan fingerprint density at radius 3 is 2.53 bits per heavy atom. The van der Waals surface area contributed by atoms with Crippen molar-refractivity contribution in [2.24, 2.45) is 4.99 Å². The van der Waals surface area contributed by atoms with Crippen LogP contribution in [0.5, 0.6) is 0 Å². The highest BCUT2D eigenvalue weighted by molar-refractivity contribution is 14.0. The standard InChI is InChI=1S/C22H33N5O3S.HI/c1-2-23-22(24-12-16-31(28,29)26-17-19-9-4-3-5-10-19)25-18-20(21-11-8-15-30-21)27-13-6-7-14-27;/h3-5,8-11,15,20,26H,2,6-7,12-14,16-18H2,1H3,(H2,23,24,25);1H. The third-order valence-corrected chi connectivity index (χ3v) is 6.55. The number of sulfonamides is 1. The maximum Gasteiger partial charge on any atom is 0.213 e. The SMILES string of the molecule is CCNC(=NCC(c1ccco1)N1CCCC1)NCCS(=O)(=O)NCc1ccccc1.I. The molecule has 0 amide bonds. The molecule has 3 N–H and O–H groups in total. The zero-order chi connectivity index (χ0) is 21.9. The number of halogens is 1. The summed E-state index contributed by atoms with van der Waals surface area (Å²) < 4.78 is 32.9. The van der Waals surface area contributed by atoms with E-state index in [2.05, 4.69) is 20.3 Å². The van der Waals surface area contributed by atoms with E-state index in [1.165, 1.54) is 12.8 Å². The number of rotatable bonds is 11. The summed E-state index contributed by atoms with van der Waals surface area (Å²) in [7, 11) is -3.39. The molecule has 1 saturated heterocycles. The molecule has 0 bridgehead atoms. The number of nitrogens with one attached hydrogen (secondary N) is 3. The molecule has 1 unspecified atom stereocenters. The van der Waals surface area contributed by atoms with E-state index in [9.17, 15) is 8.42 Å². The van der Waals surface area contributed by atoms with Crippen LogP contribution in [0, 0.1) is 0 Å². The van der Waals surface area contributed by atoms with E-state index in [-0.39, 0.29) is 48.9 Å². The summed E-state index contributed by atoms with van der Waals surface area (Å²) in [4.78, 5) is 7.10. The molecule has 178 valence electrons. The van der Waals surface area contributed by atoms with Crippen LogP contribution < -0.4 is 15.4 Å². The van der Waals surface area contributed by atoms with Gasteiger partial charge in [0, 0.05) is 19.6 Å². The first-order chi connectivity index (χ1) is 15.1. The Labute approximate surface area is 208 Å². The molecule has 0 aliphatic carbocycles. The average Bonchev–Trinajstić information content (AvgIpc) is 3.48. The summed E-state index contributed by atoms with van der Waals surface area (Å²) in [6.07, 6.45) is 4.07. The highest BCUT2D eigenvalue weighted by atomic mass is 127. The zero-order valence-electron chi connectivity index (χ0n) is 18.5. The van der Waals surface area contributed by atoms with Crippen LogP contribution in [0.2, 0.25) is 0 Å². The molecule has 1 aromatic heterocycles. The van der Waals surface area contributed by atoms with Crippen molar-refractivity contribution in [1.29, 1.82) is 0 Å². The predicted molar refractivity (Wildman–Crippen MR) is 139 cm³/mol. The second-order valence-corrected chi connectivity index (χ2v) is 9.47. The lowest BCUT2D eigenvalue weighted by molar-refractivity contribution is 0.221. The van der Waals surface area contributed by atoms with E-state index < -0.39 is 10.0 Å². The number of aliphatic imine (C=N–C) groups is 1. The summed E-state index contributed by atoms with van der Waals surface area (Å²) in [5.74, 6) is 1.49. The maximum atomic E-state index is 12.3. The molecule has 1 fully saturated rings. The van der Waals surface area contributed by atoms with Crippen molar-refractivity contribution in [3.63, 3.8) is 0 Å². The van der Waals surface area contributed by atoms with E-state index in [0.29, 0.717) is 19.0 Å². The number of nitrogens with zero attached hydrogens (tertiary/aromatic N) is 2. The van der Waals surface area contributed by atoms with Crippen molar-refractivity contribution in [2.75, 3.05) is 38.5 Å². The Balaban J connectivity index is 0.00000363. The van der Waals surface area contributed by atoms with Crippen LogP contribution in [0.15, 0.2) is 58.1 Å². The number of guanidine groups is 1. The van der Waals surface area contributed by atoms with Crippen LogP contribution in [0.25, 0.3) is 0 Å². The molecule has 1 aliphatic rings. The van der Waals surface area contributed by atoms with Gasteiger partial charge < -0.3 is 15.1 Å². The summed E-state index contributed by atoms with van der Waals surface area (Å²) >= 11 is 0. The minimum absolute atomic E-state index is 0. The molecule has 0 spiro atoms. The summed E-state index contributed by atoms with van der Waals surface area (Å²) in [5, 5.41) is 6.33. The second kappa shape index (κ2) is 13.8. The van der Waals surface area contributed by atoms with Crippen molar-refractivity contribution >= 4 is 40.0 Å². The predicted octanol–water partition coefficient (Wildman–Crippen LogP) is 2.71. The van der Waals surface area contributed by atoms with Gasteiger partial charge in [0.1, 0.15) is 5.76 Å². The van der Waals surface area contributed by atoms with Crippen LogP contribution in [-0.4, -0.2) is 57.8 Å². The molecular formula is C22H34IN5O3S. The number of hydrogen-bond acceptors (Lipinski definition) is 5. The van der Waals surface area contributed by atoms with Crippen molar-refractivity contribution in [3.8, 4) is 0 Å². The fraction of sp³-hybridized carbons (Fsp3) is 0.500. The van der Waals surface area contributed by atoms with Crippen LogP contribution >= 0.6 is 24.0 Å². The number of benzene rings is 1. The van der Waals surface area contributed by atoms with Gasteiger partial charge in [0.2, 0.25) is 10.0 Å². The van der Waals surface area contributed by atoms with Gasteiger partial charge >= 0.3 is 0 Å². The van der Waals surface area contributed by atoms with Gasteiger partial charge in [0.05, 0.1) is 24.6 Å². The molecule has 0 saturated carbocycles. The molecule has 2 aromatic rings. The number of furan rings is 1. The first-order valence-corrected chi connectivity index (χ1v) is 12.5. The highest BCUT2D eigenvalue weighted by Crippen LogP contribution is 2.25. The molecule has 1 aliphatic heterocycles. The van der Waals surface area contributed by atoms with Gasteiger partial charge in [-0.05, 0) is 50.6 Å². The Bertz CT molecular complexity index is 901. The molecule has 8 nitrogen and oxygen atoms in total. The molecule has 3 rings (SSSR count). The Hall–Kier alpha value is -1.63. The van der Waals surface area contributed by atoms with E-state index in [1.54, 1.807) is 6.26 Å². The van der Waals surface area contributed by atoms with Gasteiger partial charge in [-0.15, -0.1) is 24.0 Å². The smallest absolute Gasteiger partial charge is 0.213 e. The Kier molecular flexibility index (Phi) is 11.5. The van der Waals surface area contributed by atoms with Gasteiger partial charge in [0.15, 0.2) is 5.96 Å². The normalized spacial score (nSPS) is 15.8. The third-order valence-electron chi connectivity index (χ3n) is 5.22. The fourth-order valence-corrected chi connectivity index (χ4v) is 4.51. The Morgan fingerprint density at radius 2 is 1.88 bits per heavy atom. The molecular weight excluding hydrogens is 541 g/mol. The molecule has 1 aromatic carbocycles. The van der Waals surface area contributed by atoms with Gasteiger partial charge in [0.25, 0.3) is 0 Å². The van der Waals surface area contributed by atoms with Crippen molar-refractivity contribution in [3.05, 3.63) is 60.1 Å². The minimum Gasteiger partial charge on any atom is -0.468 e. The van der Waals surface area contributed by atoms with E-state index in [0.717, 1.165) is 24.4 Å². The summed E-state index contributed by atoms with van der Waals surface area (Å²) in [6.45, 7) is 5.86. The number of likely N-dealkylation sites (tertiary alicyclic amines) is 1. The fourth-order valence-electron chi connectivity index (χ4n) is 3.60. The minimum atomic E-state index is -3.39. The van der Waals surface area contributed by atoms with Crippen LogP contribution in [0.3, 0.4) is 0 Å². The Morgan fingerprint density at radius 1 is 1.12 bits per heavy atom. The van der Waals surface area contributed by atoms with Gasteiger partial charge in [-0.3, -0.25) is 9.89 Å². The highest BCUT2D eigenvalue weighted by Gasteiger charge is 2.25. The first kappa shape index (κ1) is 26.6. The van der Waals surface area contributed by atoms with Gasteiger partial charge in [-0.2, -0.15) is 0 Å². The molecule has 32 heavy (non-hydrogen) atoms. The molecule has 0 radical (unpaired) electrons. The lowest BCUT2D eigenvalue weighted by Crippen LogP contribution is -2.41. The van der Waals surface area contributed by atoms with E-state index in [4.69, 9.17) is 9.41 Å². The van der Waals surface area contributed by atoms with Crippen LogP contribution in [0.1, 0.15) is 37.1 Å². The molecule has 10 heteroatoms. The summed E-state index contributed by atoms with van der Waals surface area (Å²) in [5.41, 5.74) is 0.930. The van der Waals surface area contributed by atoms with Crippen LogP contribution in [-0.2, 0) is 16.6 Å². The average molecular weight is 576 g/mol. The second-order valence-electron chi connectivity index (χ2n) is 7.55. The van der Waals surface area contributed by atoms with E-state index >= 15 is 0 Å². The maximum absolute atomic E-state index is 12.3. The van der Waals surface area contributed by atoms with Crippen molar-refractivity contribution in [1.82, 2.24) is 20.3 Å². The van der Waals surface area contributed by atoms with Gasteiger partial charge in [-0.1, -0.05) is 30.3 Å². The van der Waals surface area contributed by atoms with Gasteiger partial charge in [-0.25, -0.2) is 13.1 Å². The third kappa shape index (κ3) is 8.72. The lowest BCUT2D eigenvalue weighted by Gasteiger charge is -2.24. The summed E-state index contributed by atoms with van der Waals surface area (Å²) in [6, 6.07) is 13.5. The zero-order valence-corrected chi connectivity index (χ0v) is 21.6. The lowest BCUT2D eigenvalue weighted by atomic mass is 10.2. The number of hydrogen-bond donors (Lipinski definition) is 3. The van der Waals surface area contributed by atoms with E-state index in [1.807, 2.05) is 49.4 Å². The van der Waals surface area contributed by atoms with Crippen molar-refractivity contribution < 1.29 is 12.8 Å². The molecule has 1 atom stereocenters.